The number of halogens is 1. The number of anilines is 1. The summed E-state index contributed by atoms with van der Waals surface area (Å²) in [6.45, 7) is 4.58. The van der Waals surface area contributed by atoms with Gasteiger partial charge in [0.15, 0.2) is 0 Å². The van der Waals surface area contributed by atoms with Crippen LogP contribution in [0.5, 0.6) is 0 Å². The Bertz CT molecular complexity index is 444. The number of hydrogen-bond donors (Lipinski definition) is 0. The maximum atomic E-state index is 9.11. The van der Waals surface area contributed by atoms with Crippen molar-refractivity contribution in [1.82, 2.24) is 0 Å². The van der Waals surface area contributed by atoms with Gasteiger partial charge in [0.05, 0.1) is 11.3 Å². The van der Waals surface area contributed by atoms with Crippen molar-refractivity contribution in [3.63, 3.8) is 0 Å². The molecule has 0 atom stereocenters. The summed E-state index contributed by atoms with van der Waals surface area (Å²) in [5, 5.41) is 9.11. The van der Waals surface area contributed by atoms with E-state index in [1.807, 2.05) is 24.3 Å². The van der Waals surface area contributed by atoms with E-state index < -0.39 is 0 Å². The van der Waals surface area contributed by atoms with Crippen LogP contribution < -0.4 is 4.90 Å². The van der Waals surface area contributed by atoms with Crippen molar-refractivity contribution < 1.29 is 0 Å². The smallest absolute Gasteiger partial charge is 0.101 e. The summed E-state index contributed by atoms with van der Waals surface area (Å²) in [5.74, 6) is 0. The van der Waals surface area contributed by atoms with E-state index >= 15 is 0 Å². The first-order valence-corrected chi connectivity index (χ1v) is 6.12. The summed E-state index contributed by atoms with van der Waals surface area (Å²) >= 11 is 3.45. The van der Waals surface area contributed by atoms with Gasteiger partial charge in [-0.25, -0.2) is 0 Å². The first-order chi connectivity index (χ1) is 7.76. The molecule has 0 heterocycles. The average molecular weight is 277 g/mol. The van der Waals surface area contributed by atoms with E-state index in [0.717, 1.165) is 22.3 Å². The highest BCUT2D eigenvalue weighted by Crippen LogP contribution is 2.34. The van der Waals surface area contributed by atoms with Gasteiger partial charge >= 0.3 is 0 Å². The summed E-state index contributed by atoms with van der Waals surface area (Å²) in [4.78, 5) is 2.26. The van der Waals surface area contributed by atoms with Crippen molar-refractivity contribution in [2.75, 3.05) is 11.4 Å². The Labute approximate surface area is 104 Å². The minimum Gasteiger partial charge on any atom is -0.364 e. The second kappa shape index (κ2) is 4.71. The molecular weight excluding hydrogens is 264 g/mol. The lowest BCUT2D eigenvalue weighted by molar-refractivity contribution is 0.860. The molecule has 0 aromatic heterocycles. The van der Waals surface area contributed by atoms with Crippen molar-refractivity contribution in [1.29, 1.82) is 5.26 Å². The van der Waals surface area contributed by atoms with Gasteiger partial charge in [-0.3, -0.25) is 0 Å². The van der Waals surface area contributed by atoms with E-state index in [4.69, 9.17) is 5.26 Å². The molecule has 0 spiro atoms. The maximum absolute atomic E-state index is 9.11. The van der Waals surface area contributed by atoms with Crippen molar-refractivity contribution in [2.45, 2.75) is 18.9 Å². The molecule has 0 N–H and O–H groups in total. The van der Waals surface area contributed by atoms with Crippen LogP contribution in [0.1, 0.15) is 18.4 Å². The van der Waals surface area contributed by atoms with Gasteiger partial charge in [0.25, 0.3) is 0 Å². The number of nitrogens with zero attached hydrogens (tertiary/aromatic N) is 2. The molecule has 1 aliphatic carbocycles. The van der Waals surface area contributed by atoms with Gasteiger partial charge in [0.2, 0.25) is 0 Å². The Kier molecular flexibility index (Phi) is 3.31. The molecule has 1 saturated carbocycles. The maximum Gasteiger partial charge on any atom is 0.101 e. The van der Waals surface area contributed by atoms with Crippen LogP contribution in [-0.4, -0.2) is 12.6 Å². The highest BCUT2D eigenvalue weighted by molar-refractivity contribution is 9.10. The molecule has 1 fully saturated rings. The number of benzene rings is 1. The van der Waals surface area contributed by atoms with Crippen LogP contribution in [0.2, 0.25) is 0 Å². The van der Waals surface area contributed by atoms with Gasteiger partial charge in [-0.15, -0.1) is 6.58 Å². The zero-order valence-corrected chi connectivity index (χ0v) is 10.6. The molecule has 0 radical (unpaired) electrons. The first kappa shape index (κ1) is 11.2. The Balaban J connectivity index is 2.38. The molecule has 0 amide bonds. The minimum absolute atomic E-state index is 0.583. The molecule has 82 valence electrons. The molecule has 2 rings (SSSR count). The minimum atomic E-state index is 0.583. The fourth-order valence-electron chi connectivity index (χ4n) is 1.81. The van der Waals surface area contributed by atoms with Crippen LogP contribution in [0.15, 0.2) is 35.3 Å². The quantitative estimate of drug-likeness (QED) is 0.788. The molecule has 0 unspecified atom stereocenters. The average Bonchev–Trinajstić information content (AvgIpc) is 3.10. The zero-order chi connectivity index (χ0) is 11.5. The third-order valence-electron chi connectivity index (χ3n) is 2.70. The van der Waals surface area contributed by atoms with Gasteiger partial charge in [-0.05, 0) is 31.0 Å². The van der Waals surface area contributed by atoms with E-state index in [1.54, 1.807) is 0 Å². The second-order valence-electron chi connectivity index (χ2n) is 3.95. The molecular formula is C13H13BrN2. The fourth-order valence-corrected chi connectivity index (χ4v) is 2.16. The van der Waals surface area contributed by atoms with Crippen LogP contribution in [0.3, 0.4) is 0 Å². The van der Waals surface area contributed by atoms with E-state index in [2.05, 4.69) is 33.5 Å². The third kappa shape index (κ3) is 2.28. The molecule has 0 saturated heterocycles. The van der Waals surface area contributed by atoms with E-state index in [1.165, 1.54) is 12.8 Å². The Hall–Kier alpha value is -1.27. The molecule has 0 bridgehead atoms. The van der Waals surface area contributed by atoms with Crippen LogP contribution in [0, 0.1) is 11.3 Å². The molecule has 16 heavy (non-hydrogen) atoms. The lowest BCUT2D eigenvalue weighted by Crippen LogP contribution is -2.26. The fraction of sp³-hybridized carbons (Fsp3) is 0.308. The topological polar surface area (TPSA) is 27.0 Å². The monoisotopic (exact) mass is 276 g/mol. The van der Waals surface area contributed by atoms with Crippen molar-refractivity contribution >= 4 is 21.6 Å². The zero-order valence-electron chi connectivity index (χ0n) is 8.99. The largest absolute Gasteiger partial charge is 0.364 e. The van der Waals surface area contributed by atoms with Gasteiger partial charge in [0.1, 0.15) is 6.07 Å². The SMILES string of the molecule is C=CCN(c1cc(Br)ccc1C#N)C1CC1. The molecule has 1 aromatic carbocycles. The summed E-state index contributed by atoms with van der Waals surface area (Å²) in [6.07, 6.45) is 4.32. The Morgan fingerprint density at radius 2 is 2.31 bits per heavy atom. The highest BCUT2D eigenvalue weighted by atomic mass is 79.9. The normalized spacial score (nSPS) is 14.2. The predicted molar refractivity (Wildman–Crippen MR) is 69.4 cm³/mol. The van der Waals surface area contributed by atoms with Gasteiger partial charge in [0, 0.05) is 17.1 Å². The molecule has 1 aliphatic rings. The lowest BCUT2D eigenvalue weighted by Gasteiger charge is -2.24. The number of hydrogen-bond acceptors (Lipinski definition) is 2. The summed E-state index contributed by atoms with van der Waals surface area (Å²) < 4.78 is 1.01. The van der Waals surface area contributed by atoms with Gasteiger partial charge in [-0.1, -0.05) is 22.0 Å². The van der Waals surface area contributed by atoms with Crippen LogP contribution in [-0.2, 0) is 0 Å². The Morgan fingerprint density at radius 1 is 1.56 bits per heavy atom. The second-order valence-corrected chi connectivity index (χ2v) is 4.86. The van der Waals surface area contributed by atoms with Crippen LogP contribution in [0.4, 0.5) is 5.69 Å². The van der Waals surface area contributed by atoms with E-state index in [-0.39, 0.29) is 0 Å². The molecule has 2 nitrogen and oxygen atoms in total. The first-order valence-electron chi connectivity index (χ1n) is 5.33. The summed E-state index contributed by atoms with van der Waals surface area (Å²) in [6, 6.07) is 8.61. The predicted octanol–water partition coefficient (Wildman–Crippen LogP) is 3.48. The van der Waals surface area contributed by atoms with Crippen LogP contribution >= 0.6 is 15.9 Å². The third-order valence-corrected chi connectivity index (χ3v) is 3.20. The lowest BCUT2D eigenvalue weighted by atomic mass is 10.1. The summed E-state index contributed by atoms with van der Waals surface area (Å²) in [7, 11) is 0. The number of nitriles is 1. The highest BCUT2D eigenvalue weighted by Gasteiger charge is 2.29. The van der Waals surface area contributed by atoms with E-state index in [0.29, 0.717) is 6.04 Å². The van der Waals surface area contributed by atoms with Crippen molar-refractivity contribution in [3.05, 3.63) is 40.9 Å². The van der Waals surface area contributed by atoms with Gasteiger partial charge in [-0.2, -0.15) is 5.26 Å². The number of rotatable bonds is 4. The Morgan fingerprint density at radius 3 is 2.88 bits per heavy atom. The molecule has 3 heteroatoms. The van der Waals surface area contributed by atoms with E-state index in [9.17, 15) is 0 Å². The standard InChI is InChI=1S/C13H13BrN2/c1-2-7-16(12-5-6-12)13-8-11(14)4-3-10(13)9-15/h2-4,8,12H,1,5-7H2. The van der Waals surface area contributed by atoms with Crippen molar-refractivity contribution in [3.8, 4) is 6.07 Å². The molecule has 0 aliphatic heterocycles. The molecule has 1 aromatic rings. The summed E-state index contributed by atoms with van der Waals surface area (Å²) in [5.41, 5.74) is 1.75. The van der Waals surface area contributed by atoms with Gasteiger partial charge < -0.3 is 4.90 Å². The van der Waals surface area contributed by atoms with Crippen LogP contribution in [0.25, 0.3) is 0 Å². The van der Waals surface area contributed by atoms with Crippen molar-refractivity contribution in [2.24, 2.45) is 0 Å².